The van der Waals surface area contributed by atoms with Gasteiger partial charge >= 0.3 is 0 Å². The van der Waals surface area contributed by atoms with Crippen LogP contribution in [0.5, 0.6) is 5.75 Å². The van der Waals surface area contributed by atoms with E-state index in [1.165, 1.54) is 0 Å². The van der Waals surface area contributed by atoms with E-state index in [0.29, 0.717) is 18.1 Å². The molecule has 0 amide bonds. The summed E-state index contributed by atoms with van der Waals surface area (Å²) in [5.74, 6) is 1.03. The lowest BCUT2D eigenvalue weighted by molar-refractivity contribution is -0.116. The summed E-state index contributed by atoms with van der Waals surface area (Å²) in [6, 6.07) is 15.5. The first-order chi connectivity index (χ1) is 9.63. The summed E-state index contributed by atoms with van der Waals surface area (Å²) in [6.45, 7) is 2.11. The van der Waals surface area contributed by atoms with E-state index in [4.69, 9.17) is 16.3 Å². The van der Waals surface area contributed by atoms with Crippen LogP contribution < -0.4 is 4.74 Å². The normalized spacial score (nSPS) is 10.3. The Labute approximate surface area is 124 Å². The number of Topliss-reactive ketones (excluding diaryl/α,β-unsaturated/α-hetero) is 1. The molecule has 0 aromatic heterocycles. The number of ketones is 1. The van der Waals surface area contributed by atoms with Gasteiger partial charge in [-0.15, -0.1) is 0 Å². The predicted molar refractivity (Wildman–Crippen MR) is 81.2 cm³/mol. The van der Waals surface area contributed by atoms with E-state index in [2.05, 4.69) is 0 Å². The second kappa shape index (κ2) is 7.11. The maximum absolute atomic E-state index is 10.9. The van der Waals surface area contributed by atoms with Crippen molar-refractivity contribution in [3.8, 4) is 5.75 Å². The number of hydrogen-bond donors (Lipinski definition) is 0. The molecule has 3 heteroatoms. The van der Waals surface area contributed by atoms with Crippen LogP contribution in [0.15, 0.2) is 48.5 Å². The van der Waals surface area contributed by atoms with E-state index in [-0.39, 0.29) is 5.78 Å². The minimum atomic E-state index is 0.214. The molecule has 2 aromatic rings. The highest BCUT2D eigenvalue weighted by Crippen LogP contribution is 2.17. The van der Waals surface area contributed by atoms with Gasteiger partial charge in [-0.1, -0.05) is 35.9 Å². The van der Waals surface area contributed by atoms with Crippen LogP contribution in [0.4, 0.5) is 0 Å². The molecular weight excluding hydrogens is 272 g/mol. The summed E-state index contributed by atoms with van der Waals surface area (Å²) < 4.78 is 5.70. The van der Waals surface area contributed by atoms with E-state index in [1.807, 2.05) is 48.5 Å². The van der Waals surface area contributed by atoms with Crippen molar-refractivity contribution in [2.45, 2.75) is 26.4 Å². The largest absolute Gasteiger partial charge is 0.489 e. The van der Waals surface area contributed by atoms with Crippen LogP contribution in [-0.2, 0) is 17.8 Å². The fourth-order valence-electron chi connectivity index (χ4n) is 1.87. The Bertz CT molecular complexity index is 576. The highest BCUT2D eigenvalue weighted by molar-refractivity contribution is 6.30. The van der Waals surface area contributed by atoms with Gasteiger partial charge in [-0.05, 0) is 48.7 Å². The van der Waals surface area contributed by atoms with Gasteiger partial charge in [-0.25, -0.2) is 0 Å². The Hall–Kier alpha value is -1.80. The number of hydrogen-bond acceptors (Lipinski definition) is 2. The van der Waals surface area contributed by atoms with Crippen LogP contribution in [-0.4, -0.2) is 5.78 Å². The lowest BCUT2D eigenvalue weighted by Crippen LogP contribution is -1.96. The molecule has 2 aromatic carbocycles. The quantitative estimate of drug-likeness (QED) is 0.785. The van der Waals surface area contributed by atoms with Crippen molar-refractivity contribution in [2.75, 3.05) is 0 Å². The monoisotopic (exact) mass is 288 g/mol. The third kappa shape index (κ3) is 4.71. The van der Waals surface area contributed by atoms with E-state index in [1.54, 1.807) is 6.92 Å². The average molecular weight is 289 g/mol. The predicted octanol–water partition coefficient (Wildman–Crippen LogP) is 4.44. The summed E-state index contributed by atoms with van der Waals surface area (Å²) in [6.07, 6.45) is 1.37. The van der Waals surface area contributed by atoms with Crippen molar-refractivity contribution in [2.24, 2.45) is 0 Å². The van der Waals surface area contributed by atoms with Crippen molar-refractivity contribution in [1.82, 2.24) is 0 Å². The molecule has 0 radical (unpaired) electrons. The first-order valence-electron chi connectivity index (χ1n) is 6.59. The Morgan fingerprint density at radius 3 is 2.50 bits per heavy atom. The third-order valence-corrected chi connectivity index (χ3v) is 3.22. The van der Waals surface area contributed by atoms with Gasteiger partial charge < -0.3 is 9.53 Å². The molecule has 0 fully saturated rings. The van der Waals surface area contributed by atoms with Gasteiger partial charge in [-0.2, -0.15) is 0 Å². The molecule has 0 saturated heterocycles. The highest BCUT2D eigenvalue weighted by Gasteiger charge is 1.99. The maximum Gasteiger partial charge on any atom is 0.130 e. The Kier molecular flexibility index (Phi) is 5.19. The van der Waals surface area contributed by atoms with Crippen LogP contribution in [0.25, 0.3) is 0 Å². The molecule has 104 valence electrons. The van der Waals surface area contributed by atoms with Crippen molar-refractivity contribution in [3.05, 3.63) is 64.7 Å². The molecule has 0 N–H and O–H groups in total. The van der Waals surface area contributed by atoms with E-state index < -0.39 is 0 Å². The van der Waals surface area contributed by atoms with Gasteiger partial charge in [0.05, 0.1) is 0 Å². The first-order valence-corrected chi connectivity index (χ1v) is 6.97. The number of ether oxygens (including phenoxy) is 1. The zero-order valence-corrected chi connectivity index (χ0v) is 12.2. The number of carbonyl (C=O) groups is 1. The molecule has 0 unspecified atom stereocenters. The van der Waals surface area contributed by atoms with Gasteiger partial charge in [0, 0.05) is 11.4 Å². The molecule has 0 spiro atoms. The van der Waals surface area contributed by atoms with Crippen molar-refractivity contribution in [3.63, 3.8) is 0 Å². The second-order valence-electron chi connectivity index (χ2n) is 4.76. The van der Waals surface area contributed by atoms with E-state index in [0.717, 1.165) is 23.3 Å². The summed E-state index contributed by atoms with van der Waals surface area (Å²) in [4.78, 5) is 10.9. The van der Waals surface area contributed by atoms with Crippen LogP contribution in [0.3, 0.4) is 0 Å². The lowest BCUT2D eigenvalue weighted by atomic mass is 10.1. The number of aryl methyl sites for hydroxylation is 1. The van der Waals surface area contributed by atoms with Gasteiger partial charge in [0.2, 0.25) is 0 Å². The zero-order valence-electron chi connectivity index (χ0n) is 11.4. The summed E-state index contributed by atoms with van der Waals surface area (Å²) >= 11 is 5.92. The van der Waals surface area contributed by atoms with E-state index >= 15 is 0 Å². The molecule has 0 atom stereocenters. The van der Waals surface area contributed by atoms with Crippen molar-refractivity contribution >= 4 is 17.4 Å². The number of benzene rings is 2. The Morgan fingerprint density at radius 2 is 1.85 bits per heavy atom. The number of rotatable bonds is 6. The fraction of sp³-hybridized carbons (Fsp3) is 0.235. The van der Waals surface area contributed by atoms with Gasteiger partial charge in [0.15, 0.2) is 0 Å². The van der Waals surface area contributed by atoms with Gasteiger partial charge in [-0.3, -0.25) is 0 Å². The first kappa shape index (κ1) is 14.6. The fourth-order valence-corrected chi connectivity index (χ4v) is 2.08. The summed E-state index contributed by atoms with van der Waals surface area (Å²) in [5, 5.41) is 0.714. The molecule has 0 heterocycles. The molecule has 0 aliphatic rings. The number of halogens is 1. The minimum absolute atomic E-state index is 0.214. The second-order valence-corrected chi connectivity index (χ2v) is 5.20. The van der Waals surface area contributed by atoms with Crippen LogP contribution >= 0.6 is 11.6 Å². The highest BCUT2D eigenvalue weighted by atomic mass is 35.5. The van der Waals surface area contributed by atoms with Gasteiger partial charge in [0.25, 0.3) is 0 Å². The lowest BCUT2D eigenvalue weighted by Gasteiger charge is -2.07. The van der Waals surface area contributed by atoms with E-state index in [9.17, 15) is 4.79 Å². The summed E-state index contributed by atoms with van der Waals surface area (Å²) in [7, 11) is 0. The molecule has 0 saturated carbocycles. The third-order valence-electron chi connectivity index (χ3n) is 2.98. The van der Waals surface area contributed by atoms with Crippen molar-refractivity contribution in [1.29, 1.82) is 0 Å². The topological polar surface area (TPSA) is 26.3 Å². The molecule has 0 aliphatic carbocycles. The molecule has 2 nitrogen and oxygen atoms in total. The molecule has 2 rings (SSSR count). The van der Waals surface area contributed by atoms with Crippen LogP contribution in [0.1, 0.15) is 24.5 Å². The molecule has 20 heavy (non-hydrogen) atoms. The minimum Gasteiger partial charge on any atom is -0.489 e. The number of carbonyl (C=O) groups excluding carboxylic acids is 1. The maximum atomic E-state index is 10.9. The Balaban J connectivity index is 1.89. The molecular formula is C17H17ClO2. The van der Waals surface area contributed by atoms with Gasteiger partial charge in [0.1, 0.15) is 18.1 Å². The van der Waals surface area contributed by atoms with Crippen molar-refractivity contribution < 1.29 is 9.53 Å². The molecule has 0 aliphatic heterocycles. The van der Waals surface area contributed by atoms with Crippen LogP contribution in [0.2, 0.25) is 5.02 Å². The summed E-state index contributed by atoms with van der Waals surface area (Å²) in [5.41, 5.74) is 2.19. The Morgan fingerprint density at radius 1 is 1.10 bits per heavy atom. The standard InChI is InChI=1S/C17H17ClO2/c1-13(19)5-6-14-7-9-17(10-8-14)20-12-15-3-2-4-16(18)11-15/h2-4,7-11H,5-6,12H2,1H3. The van der Waals surface area contributed by atoms with Crippen LogP contribution in [0, 0.1) is 0 Å². The smallest absolute Gasteiger partial charge is 0.130 e. The average Bonchev–Trinajstić information content (AvgIpc) is 2.44. The zero-order chi connectivity index (χ0) is 14.4. The molecule has 0 bridgehead atoms. The SMILES string of the molecule is CC(=O)CCc1ccc(OCc2cccc(Cl)c2)cc1.